The SMILES string of the molecule is CC(C)CCOCCNC(=O)CN1CC(C)CC(C)C1. The summed E-state index contributed by atoms with van der Waals surface area (Å²) in [5.41, 5.74) is 0. The second-order valence-electron chi connectivity index (χ2n) is 6.78. The molecule has 1 saturated heterocycles. The molecule has 1 aliphatic rings. The van der Waals surface area contributed by atoms with Crippen LogP contribution in [0.5, 0.6) is 0 Å². The van der Waals surface area contributed by atoms with Crippen molar-refractivity contribution in [2.24, 2.45) is 17.8 Å². The summed E-state index contributed by atoms with van der Waals surface area (Å²) < 4.78 is 5.49. The first-order valence-electron chi connectivity index (χ1n) is 8.04. The predicted octanol–water partition coefficient (Wildman–Crippen LogP) is 2.14. The summed E-state index contributed by atoms with van der Waals surface area (Å²) in [5, 5.41) is 2.94. The fourth-order valence-electron chi connectivity index (χ4n) is 2.86. The van der Waals surface area contributed by atoms with E-state index in [4.69, 9.17) is 4.74 Å². The molecule has 0 radical (unpaired) electrons. The third kappa shape index (κ3) is 7.85. The van der Waals surface area contributed by atoms with Gasteiger partial charge < -0.3 is 10.1 Å². The van der Waals surface area contributed by atoms with Crippen LogP contribution in [-0.2, 0) is 9.53 Å². The van der Waals surface area contributed by atoms with Gasteiger partial charge in [0.25, 0.3) is 0 Å². The van der Waals surface area contributed by atoms with Gasteiger partial charge in [-0.3, -0.25) is 9.69 Å². The first-order chi connectivity index (χ1) is 9.47. The van der Waals surface area contributed by atoms with Gasteiger partial charge >= 0.3 is 0 Å². The summed E-state index contributed by atoms with van der Waals surface area (Å²) in [7, 11) is 0. The van der Waals surface area contributed by atoms with Gasteiger partial charge in [-0.05, 0) is 30.6 Å². The third-order valence-electron chi connectivity index (χ3n) is 3.72. The number of rotatable bonds is 8. The zero-order chi connectivity index (χ0) is 15.0. The van der Waals surface area contributed by atoms with Crippen LogP contribution in [0.4, 0.5) is 0 Å². The number of likely N-dealkylation sites (tertiary alicyclic amines) is 1. The number of piperidine rings is 1. The molecular formula is C16H32N2O2. The van der Waals surface area contributed by atoms with E-state index in [0.29, 0.717) is 37.5 Å². The molecule has 1 amide bonds. The Morgan fingerprint density at radius 3 is 2.50 bits per heavy atom. The first kappa shape index (κ1) is 17.4. The molecule has 1 rings (SSSR count). The molecule has 2 unspecified atom stereocenters. The molecule has 4 heteroatoms. The fourth-order valence-corrected chi connectivity index (χ4v) is 2.86. The van der Waals surface area contributed by atoms with Gasteiger partial charge in [-0.2, -0.15) is 0 Å². The Morgan fingerprint density at radius 1 is 1.25 bits per heavy atom. The number of hydrogen-bond acceptors (Lipinski definition) is 3. The summed E-state index contributed by atoms with van der Waals surface area (Å²) in [6, 6.07) is 0. The van der Waals surface area contributed by atoms with Gasteiger partial charge in [-0.1, -0.05) is 27.7 Å². The van der Waals surface area contributed by atoms with E-state index in [-0.39, 0.29) is 5.91 Å². The van der Waals surface area contributed by atoms with Crippen molar-refractivity contribution < 1.29 is 9.53 Å². The van der Waals surface area contributed by atoms with E-state index < -0.39 is 0 Å². The van der Waals surface area contributed by atoms with E-state index in [9.17, 15) is 4.79 Å². The normalized spacial score (nSPS) is 24.1. The highest BCUT2D eigenvalue weighted by Gasteiger charge is 2.22. The number of ether oxygens (including phenoxy) is 1. The molecule has 2 atom stereocenters. The maximum atomic E-state index is 11.9. The van der Waals surface area contributed by atoms with Gasteiger partial charge in [-0.25, -0.2) is 0 Å². The minimum Gasteiger partial charge on any atom is -0.380 e. The van der Waals surface area contributed by atoms with Crippen molar-refractivity contribution in [2.45, 2.75) is 40.5 Å². The zero-order valence-electron chi connectivity index (χ0n) is 13.7. The number of amides is 1. The van der Waals surface area contributed by atoms with Crippen LogP contribution in [0.1, 0.15) is 40.5 Å². The van der Waals surface area contributed by atoms with Crippen molar-refractivity contribution in [1.29, 1.82) is 0 Å². The minimum atomic E-state index is 0.124. The molecule has 118 valence electrons. The Labute approximate surface area is 124 Å². The highest BCUT2D eigenvalue weighted by Crippen LogP contribution is 2.20. The number of nitrogens with one attached hydrogen (secondary N) is 1. The molecule has 0 bridgehead atoms. The van der Waals surface area contributed by atoms with E-state index in [1.54, 1.807) is 0 Å². The molecule has 0 aliphatic carbocycles. The van der Waals surface area contributed by atoms with Gasteiger partial charge in [-0.15, -0.1) is 0 Å². The summed E-state index contributed by atoms with van der Waals surface area (Å²) in [5.74, 6) is 2.20. The van der Waals surface area contributed by atoms with Crippen molar-refractivity contribution in [3.05, 3.63) is 0 Å². The lowest BCUT2D eigenvalue weighted by Crippen LogP contribution is -2.45. The number of carbonyl (C=O) groups excluding carboxylic acids is 1. The van der Waals surface area contributed by atoms with Crippen molar-refractivity contribution in [2.75, 3.05) is 39.4 Å². The van der Waals surface area contributed by atoms with Crippen LogP contribution in [0.2, 0.25) is 0 Å². The number of nitrogens with zero attached hydrogens (tertiary/aromatic N) is 1. The van der Waals surface area contributed by atoms with Crippen molar-refractivity contribution in [3.8, 4) is 0 Å². The molecule has 0 aromatic carbocycles. The Kier molecular flexibility index (Phi) is 8.15. The summed E-state index contributed by atoms with van der Waals surface area (Å²) in [6.07, 6.45) is 2.36. The third-order valence-corrected chi connectivity index (χ3v) is 3.72. The first-order valence-corrected chi connectivity index (χ1v) is 8.04. The standard InChI is InChI=1S/C16H32N2O2/c1-13(2)5-7-20-8-6-17-16(19)12-18-10-14(3)9-15(4)11-18/h13-15H,5-12H2,1-4H3,(H,17,19). The van der Waals surface area contributed by atoms with Crippen molar-refractivity contribution in [1.82, 2.24) is 10.2 Å². The lowest BCUT2D eigenvalue weighted by molar-refractivity contribution is -0.123. The second-order valence-corrected chi connectivity index (χ2v) is 6.78. The van der Waals surface area contributed by atoms with Crippen LogP contribution in [-0.4, -0.2) is 50.2 Å². The average Bonchev–Trinajstić information content (AvgIpc) is 2.31. The number of hydrogen-bond donors (Lipinski definition) is 1. The molecule has 1 N–H and O–H groups in total. The van der Waals surface area contributed by atoms with Crippen LogP contribution >= 0.6 is 0 Å². The molecule has 20 heavy (non-hydrogen) atoms. The smallest absolute Gasteiger partial charge is 0.234 e. The maximum absolute atomic E-state index is 11.9. The zero-order valence-corrected chi connectivity index (χ0v) is 13.7. The molecular weight excluding hydrogens is 252 g/mol. The molecule has 1 fully saturated rings. The van der Waals surface area contributed by atoms with E-state index in [1.165, 1.54) is 6.42 Å². The highest BCUT2D eigenvalue weighted by atomic mass is 16.5. The highest BCUT2D eigenvalue weighted by molar-refractivity contribution is 5.77. The Balaban J connectivity index is 2.05. The van der Waals surface area contributed by atoms with E-state index >= 15 is 0 Å². The van der Waals surface area contributed by atoms with Crippen molar-refractivity contribution >= 4 is 5.91 Å². The molecule has 0 saturated carbocycles. The fraction of sp³-hybridized carbons (Fsp3) is 0.938. The van der Waals surface area contributed by atoms with Gasteiger partial charge in [0.2, 0.25) is 5.91 Å². The van der Waals surface area contributed by atoms with Crippen LogP contribution in [0, 0.1) is 17.8 Å². The Hall–Kier alpha value is -0.610. The topological polar surface area (TPSA) is 41.6 Å². The van der Waals surface area contributed by atoms with E-state index in [2.05, 4.69) is 37.9 Å². The molecule has 0 aromatic rings. The average molecular weight is 284 g/mol. The van der Waals surface area contributed by atoms with Crippen LogP contribution in [0.3, 0.4) is 0 Å². The van der Waals surface area contributed by atoms with Crippen LogP contribution < -0.4 is 5.32 Å². The van der Waals surface area contributed by atoms with Crippen LogP contribution in [0.15, 0.2) is 0 Å². The molecule has 0 aromatic heterocycles. The summed E-state index contributed by atoms with van der Waals surface area (Å²) in [4.78, 5) is 14.1. The van der Waals surface area contributed by atoms with Gasteiger partial charge in [0.05, 0.1) is 13.2 Å². The van der Waals surface area contributed by atoms with E-state index in [0.717, 1.165) is 26.1 Å². The Morgan fingerprint density at radius 2 is 1.90 bits per heavy atom. The second kappa shape index (κ2) is 9.35. The van der Waals surface area contributed by atoms with Crippen molar-refractivity contribution in [3.63, 3.8) is 0 Å². The molecule has 0 spiro atoms. The molecule has 1 aliphatic heterocycles. The summed E-state index contributed by atoms with van der Waals surface area (Å²) in [6.45, 7) is 13.5. The lowest BCUT2D eigenvalue weighted by Gasteiger charge is -2.34. The minimum absolute atomic E-state index is 0.124. The lowest BCUT2D eigenvalue weighted by atomic mass is 9.92. The quantitative estimate of drug-likeness (QED) is 0.694. The van der Waals surface area contributed by atoms with E-state index in [1.807, 2.05) is 0 Å². The van der Waals surface area contributed by atoms with Crippen LogP contribution in [0.25, 0.3) is 0 Å². The predicted molar refractivity (Wildman–Crippen MR) is 82.7 cm³/mol. The monoisotopic (exact) mass is 284 g/mol. The van der Waals surface area contributed by atoms with Gasteiger partial charge in [0, 0.05) is 26.2 Å². The Bertz CT molecular complexity index is 272. The largest absolute Gasteiger partial charge is 0.380 e. The maximum Gasteiger partial charge on any atom is 0.234 e. The molecule has 1 heterocycles. The van der Waals surface area contributed by atoms with Gasteiger partial charge in [0.15, 0.2) is 0 Å². The number of carbonyl (C=O) groups is 1. The summed E-state index contributed by atoms with van der Waals surface area (Å²) >= 11 is 0. The molecule has 4 nitrogen and oxygen atoms in total. The van der Waals surface area contributed by atoms with Gasteiger partial charge in [0.1, 0.15) is 0 Å².